The van der Waals surface area contributed by atoms with Crippen molar-refractivity contribution in [2.45, 2.75) is 25.3 Å². The van der Waals surface area contributed by atoms with Crippen LogP contribution in [0.4, 0.5) is 0 Å². The van der Waals surface area contributed by atoms with Gasteiger partial charge in [-0.2, -0.15) is 5.10 Å². The number of carbonyl (C=O) groups excluding carboxylic acids is 1. The molecular weight excluding hydrogens is 302 g/mol. The first-order valence-electron chi connectivity index (χ1n) is 8.10. The zero-order valence-electron chi connectivity index (χ0n) is 13.1. The average molecular weight is 319 g/mol. The number of nitrogens with zero attached hydrogens (tertiary/aromatic N) is 1. The molecule has 120 valence electrons. The fraction of sp³-hybridized carbons (Fsp3) is 0.211. The summed E-state index contributed by atoms with van der Waals surface area (Å²) in [6, 6.07) is 15.2. The molecule has 1 aliphatic carbocycles. The molecule has 5 nitrogen and oxygen atoms in total. The third kappa shape index (κ3) is 2.48. The van der Waals surface area contributed by atoms with E-state index >= 15 is 0 Å². The number of aryl methyl sites for hydroxylation is 1. The molecule has 24 heavy (non-hydrogen) atoms. The number of carbonyl (C=O) groups is 1. The highest BCUT2D eigenvalue weighted by atomic mass is 16.2. The Balaban J connectivity index is 1.69. The van der Waals surface area contributed by atoms with Gasteiger partial charge >= 0.3 is 0 Å². The molecule has 5 heteroatoms. The standard InChI is InChI=1S/C19H17N3O2/c23-18-15-10-4-3-9-14(15)17(21-22-18)19(24)20-16-11-5-7-12-6-1-2-8-13(12)16/h1-4,6,8-10,16H,5,7,11H2,(H,20,24)(H,22,23)/t16-/m0/s1. The topological polar surface area (TPSA) is 74.8 Å². The fourth-order valence-electron chi connectivity index (χ4n) is 3.42. The molecule has 0 bridgehead atoms. The zero-order chi connectivity index (χ0) is 16.5. The maximum absolute atomic E-state index is 12.8. The molecule has 1 aliphatic rings. The summed E-state index contributed by atoms with van der Waals surface area (Å²) in [5, 5.41) is 10.5. The Morgan fingerprint density at radius 3 is 2.71 bits per heavy atom. The number of nitrogens with one attached hydrogen (secondary N) is 2. The van der Waals surface area contributed by atoms with E-state index in [-0.39, 0.29) is 23.2 Å². The van der Waals surface area contributed by atoms with Crippen molar-refractivity contribution in [3.63, 3.8) is 0 Å². The van der Waals surface area contributed by atoms with E-state index in [0.29, 0.717) is 10.8 Å². The first-order valence-corrected chi connectivity index (χ1v) is 8.10. The number of hydrogen-bond acceptors (Lipinski definition) is 3. The zero-order valence-corrected chi connectivity index (χ0v) is 13.1. The Morgan fingerprint density at radius 2 is 1.83 bits per heavy atom. The molecule has 4 rings (SSSR count). The average Bonchev–Trinajstić information content (AvgIpc) is 2.62. The molecule has 1 atom stereocenters. The highest BCUT2D eigenvalue weighted by Crippen LogP contribution is 2.29. The Bertz CT molecular complexity index is 978. The van der Waals surface area contributed by atoms with Crippen LogP contribution in [0.25, 0.3) is 10.8 Å². The minimum absolute atomic E-state index is 0.0186. The first-order chi connectivity index (χ1) is 11.7. The molecular formula is C19H17N3O2. The van der Waals surface area contributed by atoms with Crippen LogP contribution in [0.2, 0.25) is 0 Å². The number of fused-ring (bicyclic) bond motifs is 2. The molecule has 0 radical (unpaired) electrons. The second kappa shape index (κ2) is 5.92. The summed E-state index contributed by atoms with van der Waals surface area (Å²) < 4.78 is 0. The molecule has 1 heterocycles. The number of aromatic nitrogens is 2. The molecule has 3 aromatic rings. The van der Waals surface area contributed by atoms with E-state index in [4.69, 9.17) is 0 Å². The predicted octanol–water partition coefficient (Wildman–Crippen LogP) is 2.73. The maximum Gasteiger partial charge on any atom is 0.272 e. The molecule has 0 unspecified atom stereocenters. The summed E-state index contributed by atoms with van der Waals surface area (Å²) in [4.78, 5) is 24.6. The SMILES string of the molecule is O=C(N[C@H]1CCCc2ccccc21)c1n[nH]c(=O)c2ccccc12. The largest absolute Gasteiger partial charge is 0.344 e. The van der Waals surface area contributed by atoms with Crippen LogP contribution in [0, 0.1) is 0 Å². The number of hydrogen-bond donors (Lipinski definition) is 2. The van der Waals surface area contributed by atoms with Crippen LogP contribution < -0.4 is 10.9 Å². The highest BCUT2D eigenvalue weighted by molar-refractivity contribution is 6.04. The lowest BCUT2D eigenvalue weighted by molar-refractivity contribution is 0.0928. The maximum atomic E-state index is 12.8. The van der Waals surface area contributed by atoms with E-state index in [9.17, 15) is 9.59 Å². The van der Waals surface area contributed by atoms with E-state index in [1.54, 1.807) is 24.3 Å². The van der Waals surface area contributed by atoms with Gasteiger partial charge in [-0.3, -0.25) is 9.59 Å². The summed E-state index contributed by atoms with van der Waals surface area (Å²) in [7, 11) is 0. The highest BCUT2D eigenvalue weighted by Gasteiger charge is 2.23. The fourth-order valence-corrected chi connectivity index (χ4v) is 3.42. The van der Waals surface area contributed by atoms with Gasteiger partial charge in [0.25, 0.3) is 11.5 Å². The number of H-pyrrole nitrogens is 1. The van der Waals surface area contributed by atoms with E-state index in [2.05, 4.69) is 27.6 Å². The third-order valence-corrected chi connectivity index (χ3v) is 4.59. The summed E-state index contributed by atoms with van der Waals surface area (Å²) in [5.41, 5.74) is 2.43. The Kier molecular flexibility index (Phi) is 3.61. The predicted molar refractivity (Wildman–Crippen MR) is 92.0 cm³/mol. The van der Waals surface area contributed by atoms with Gasteiger partial charge in [0.15, 0.2) is 5.69 Å². The normalized spacial score (nSPS) is 16.6. The van der Waals surface area contributed by atoms with Gasteiger partial charge in [-0.1, -0.05) is 42.5 Å². The Morgan fingerprint density at radius 1 is 1.08 bits per heavy atom. The second-order valence-corrected chi connectivity index (χ2v) is 6.06. The van der Waals surface area contributed by atoms with E-state index in [0.717, 1.165) is 19.3 Å². The minimum atomic E-state index is -0.287. The van der Waals surface area contributed by atoms with E-state index < -0.39 is 0 Å². The molecule has 1 aromatic heterocycles. The van der Waals surface area contributed by atoms with Crippen LogP contribution >= 0.6 is 0 Å². The summed E-state index contributed by atoms with van der Waals surface area (Å²) in [6.07, 6.45) is 2.99. The van der Waals surface area contributed by atoms with Gasteiger partial charge in [-0.05, 0) is 36.5 Å². The van der Waals surface area contributed by atoms with Gasteiger partial charge in [-0.15, -0.1) is 0 Å². The Labute approximate surface area is 138 Å². The van der Waals surface area contributed by atoms with Gasteiger partial charge in [-0.25, -0.2) is 5.10 Å². The summed E-state index contributed by atoms with van der Waals surface area (Å²) in [6.45, 7) is 0. The quantitative estimate of drug-likeness (QED) is 0.762. The van der Waals surface area contributed by atoms with Crippen molar-refractivity contribution in [3.05, 3.63) is 75.7 Å². The molecule has 0 saturated carbocycles. The van der Waals surface area contributed by atoms with Crippen molar-refractivity contribution in [1.29, 1.82) is 0 Å². The summed E-state index contributed by atoms with van der Waals surface area (Å²) >= 11 is 0. The molecule has 0 spiro atoms. The van der Waals surface area contributed by atoms with Crippen LogP contribution in [0.1, 0.15) is 40.5 Å². The number of aromatic amines is 1. The van der Waals surface area contributed by atoms with Crippen LogP contribution in [-0.2, 0) is 6.42 Å². The second-order valence-electron chi connectivity index (χ2n) is 6.06. The van der Waals surface area contributed by atoms with Crippen molar-refractivity contribution in [3.8, 4) is 0 Å². The Hall–Kier alpha value is -2.95. The molecule has 1 amide bonds. The van der Waals surface area contributed by atoms with Gasteiger partial charge in [0.1, 0.15) is 0 Å². The van der Waals surface area contributed by atoms with Gasteiger partial charge in [0.2, 0.25) is 0 Å². The van der Waals surface area contributed by atoms with Crippen molar-refractivity contribution < 1.29 is 4.79 Å². The van der Waals surface area contributed by atoms with Crippen LogP contribution in [-0.4, -0.2) is 16.1 Å². The van der Waals surface area contributed by atoms with Crippen molar-refractivity contribution in [2.24, 2.45) is 0 Å². The monoisotopic (exact) mass is 319 g/mol. The lowest BCUT2D eigenvalue weighted by Crippen LogP contribution is -2.32. The molecule has 2 N–H and O–H groups in total. The van der Waals surface area contributed by atoms with Crippen molar-refractivity contribution in [2.75, 3.05) is 0 Å². The lowest BCUT2D eigenvalue weighted by atomic mass is 9.87. The van der Waals surface area contributed by atoms with Gasteiger partial charge < -0.3 is 5.32 Å². The lowest BCUT2D eigenvalue weighted by Gasteiger charge is -2.26. The van der Waals surface area contributed by atoms with Crippen LogP contribution in [0.15, 0.2) is 53.3 Å². The summed E-state index contributed by atoms with van der Waals surface area (Å²) in [5.74, 6) is -0.260. The first kappa shape index (κ1) is 14.6. The number of amides is 1. The van der Waals surface area contributed by atoms with E-state index in [1.807, 2.05) is 12.1 Å². The molecule has 2 aromatic carbocycles. The smallest absolute Gasteiger partial charge is 0.272 e. The number of rotatable bonds is 2. The third-order valence-electron chi connectivity index (χ3n) is 4.59. The van der Waals surface area contributed by atoms with Crippen molar-refractivity contribution >= 4 is 16.7 Å². The van der Waals surface area contributed by atoms with E-state index in [1.165, 1.54) is 11.1 Å². The molecule has 0 fully saturated rings. The molecule has 0 saturated heterocycles. The van der Waals surface area contributed by atoms with Gasteiger partial charge in [0.05, 0.1) is 11.4 Å². The molecule has 0 aliphatic heterocycles. The van der Waals surface area contributed by atoms with Crippen LogP contribution in [0.5, 0.6) is 0 Å². The van der Waals surface area contributed by atoms with Crippen LogP contribution in [0.3, 0.4) is 0 Å². The number of benzene rings is 2. The van der Waals surface area contributed by atoms with Crippen molar-refractivity contribution in [1.82, 2.24) is 15.5 Å². The minimum Gasteiger partial charge on any atom is -0.344 e. The van der Waals surface area contributed by atoms with Gasteiger partial charge in [0, 0.05) is 5.39 Å².